The highest BCUT2D eigenvalue weighted by atomic mass is 32.2. The summed E-state index contributed by atoms with van der Waals surface area (Å²) in [6, 6.07) is 6.85. The molecule has 1 N–H and O–H groups in total. The summed E-state index contributed by atoms with van der Waals surface area (Å²) in [6.45, 7) is 8.61. The first-order valence-corrected chi connectivity index (χ1v) is 16.2. The molecule has 4 bridgehead atoms. The van der Waals surface area contributed by atoms with Crippen LogP contribution in [0.3, 0.4) is 0 Å². The summed E-state index contributed by atoms with van der Waals surface area (Å²) in [6.07, 6.45) is 9.53. The van der Waals surface area contributed by atoms with Crippen molar-refractivity contribution in [2.75, 3.05) is 43.9 Å². The van der Waals surface area contributed by atoms with E-state index in [1.165, 1.54) is 38.4 Å². The molecule has 1 aromatic heterocycles. The molecule has 0 radical (unpaired) electrons. The smallest absolute Gasteiger partial charge is 0.270 e. The zero-order valence-corrected chi connectivity index (χ0v) is 23.4. The molecule has 2 saturated heterocycles. The second-order valence-electron chi connectivity index (χ2n) is 13.1. The maximum atomic E-state index is 13.3. The maximum Gasteiger partial charge on any atom is 0.270 e. The number of sulfonamides is 1. The van der Waals surface area contributed by atoms with Crippen molar-refractivity contribution in [3.05, 3.63) is 23.9 Å². The van der Waals surface area contributed by atoms with Crippen molar-refractivity contribution in [2.24, 2.45) is 23.2 Å². The fourth-order valence-corrected chi connectivity index (χ4v) is 9.67. The van der Waals surface area contributed by atoms with Crippen molar-refractivity contribution < 1.29 is 13.2 Å². The van der Waals surface area contributed by atoms with E-state index < -0.39 is 10.0 Å². The topological polar surface area (TPSA) is 85.9 Å². The minimum atomic E-state index is -3.10. The largest absolute Gasteiger partial charge is 0.351 e. The Kier molecular flexibility index (Phi) is 6.55. The van der Waals surface area contributed by atoms with Crippen molar-refractivity contribution in [3.8, 4) is 0 Å². The minimum absolute atomic E-state index is 0.0200. The molecule has 0 spiro atoms. The van der Waals surface area contributed by atoms with E-state index in [0.717, 1.165) is 44.2 Å². The quantitative estimate of drug-likeness (QED) is 0.631. The van der Waals surface area contributed by atoms with E-state index in [9.17, 15) is 13.2 Å². The van der Waals surface area contributed by atoms with E-state index in [2.05, 4.69) is 29.0 Å². The number of carbonyl (C=O) groups excluding carboxylic acids is 1. The number of nitrogens with one attached hydrogen (secondary N) is 1. The number of amides is 1. The van der Waals surface area contributed by atoms with Gasteiger partial charge in [0.2, 0.25) is 10.0 Å². The van der Waals surface area contributed by atoms with Gasteiger partial charge >= 0.3 is 0 Å². The summed E-state index contributed by atoms with van der Waals surface area (Å²) in [5.74, 6) is 2.98. The molecule has 3 atom stereocenters. The first kappa shape index (κ1) is 25.6. The second-order valence-corrected chi connectivity index (χ2v) is 15.1. The molecule has 204 valence electrons. The van der Waals surface area contributed by atoms with Gasteiger partial charge in [-0.25, -0.2) is 17.7 Å². The summed E-state index contributed by atoms with van der Waals surface area (Å²) in [4.78, 5) is 23.0. The van der Waals surface area contributed by atoms with E-state index in [1.807, 2.05) is 18.2 Å². The predicted molar refractivity (Wildman–Crippen MR) is 145 cm³/mol. The van der Waals surface area contributed by atoms with Gasteiger partial charge in [0.25, 0.3) is 5.91 Å². The van der Waals surface area contributed by atoms with E-state index in [4.69, 9.17) is 4.98 Å². The van der Waals surface area contributed by atoms with Gasteiger partial charge in [0.1, 0.15) is 11.5 Å². The minimum Gasteiger partial charge on any atom is -0.351 e. The van der Waals surface area contributed by atoms with Crippen LogP contribution >= 0.6 is 0 Å². The SMILES string of the molecule is C[C@@H]1CN(C2CCN(S(C)(=O)=O)CC2)CCN1c1cccc(C(=O)NC2C3CC4CC2CC(C)(C4)C3)n1. The van der Waals surface area contributed by atoms with Gasteiger partial charge in [0.15, 0.2) is 0 Å². The molecule has 1 amide bonds. The Hall–Kier alpha value is -1.71. The van der Waals surface area contributed by atoms with Gasteiger partial charge in [-0.1, -0.05) is 13.0 Å². The Morgan fingerprint density at radius 3 is 2.38 bits per heavy atom. The average Bonchev–Trinajstić information content (AvgIpc) is 2.85. The van der Waals surface area contributed by atoms with Crippen molar-refractivity contribution in [2.45, 2.75) is 76.9 Å². The van der Waals surface area contributed by atoms with Gasteiger partial charge in [0, 0.05) is 50.8 Å². The van der Waals surface area contributed by atoms with Gasteiger partial charge in [-0.3, -0.25) is 9.69 Å². The third-order valence-corrected chi connectivity index (χ3v) is 11.5. The zero-order chi connectivity index (χ0) is 25.9. The van der Waals surface area contributed by atoms with Crippen molar-refractivity contribution in [1.29, 1.82) is 0 Å². The lowest BCUT2D eigenvalue weighted by Crippen LogP contribution is -2.58. The number of piperidine rings is 1. The number of anilines is 1. The van der Waals surface area contributed by atoms with Crippen LogP contribution in [0.5, 0.6) is 0 Å². The van der Waals surface area contributed by atoms with Crippen LogP contribution in [0.1, 0.15) is 69.3 Å². The average molecular weight is 530 g/mol. The van der Waals surface area contributed by atoms with Gasteiger partial charge in [-0.05, 0) is 87.2 Å². The Labute approximate surface area is 222 Å². The molecule has 37 heavy (non-hydrogen) atoms. The molecule has 1 aromatic rings. The zero-order valence-electron chi connectivity index (χ0n) is 22.6. The first-order valence-electron chi connectivity index (χ1n) is 14.3. The third-order valence-electron chi connectivity index (χ3n) is 10.2. The predicted octanol–water partition coefficient (Wildman–Crippen LogP) is 2.96. The van der Waals surface area contributed by atoms with Crippen molar-refractivity contribution >= 4 is 21.7 Å². The second kappa shape index (κ2) is 9.49. The van der Waals surface area contributed by atoms with Crippen molar-refractivity contribution in [3.63, 3.8) is 0 Å². The van der Waals surface area contributed by atoms with E-state index in [1.54, 1.807) is 4.31 Å². The fourth-order valence-electron chi connectivity index (χ4n) is 8.80. The number of rotatable bonds is 5. The number of nitrogens with zero attached hydrogens (tertiary/aromatic N) is 4. The standard InChI is InChI=1S/C28H43N5O3S/c1-19-18-31(23-7-9-32(10-8-23)37(3,35)36)11-12-33(19)25-6-4-5-24(29-25)27(34)30-26-21-13-20-14-22(26)17-28(2,15-20)16-21/h4-6,19-23,26H,7-18H2,1-3H3,(H,30,34)/t19-,20?,21?,22?,26?,28?/m1/s1. The highest BCUT2D eigenvalue weighted by Gasteiger charge is 2.53. The molecule has 6 fully saturated rings. The monoisotopic (exact) mass is 529 g/mol. The third kappa shape index (κ3) is 5.03. The summed E-state index contributed by atoms with van der Waals surface area (Å²) >= 11 is 0. The highest BCUT2D eigenvalue weighted by molar-refractivity contribution is 7.88. The number of hydrogen-bond donors (Lipinski definition) is 1. The van der Waals surface area contributed by atoms with Crippen molar-refractivity contribution in [1.82, 2.24) is 19.5 Å². The molecular weight excluding hydrogens is 486 g/mol. The molecule has 9 heteroatoms. The van der Waals surface area contributed by atoms with Crippen LogP contribution in [-0.2, 0) is 10.0 Å². The summed E-state index contributed by atoms with van der Waals surface area (Å²) < 4.78 is 25.3. The molecule has 6 aliphatic rings. The molecule has 4 saturated carbocycles. The summed E-state index contributed by atoms with van der Waals surface area (Å²) in [5, 5.41) is 3.43. The number of hydrogen-bond acceptors (Lipinski definition) is 6. The van der Waals surface area contributed by atoms with E-state index in [-0.39, 0.29) is 11.9 Å². The molecule has 4 aliphatic carbocycles. The molecule has 8 nitrogen and oxygen atoms in total. The maximum absolute atomic E-state index is 13.3. The summed E-state index contributed by atoms with van der Waals surface area (Å²) in [7, 11) is -3.10. The molecule has 3 heterocycles. The van der Waals surface area contributed by atoms with Gasteiger partial charge in [-0.15, -0.1) is 0 Å². The number of aromatic nitrogens is 1. The van der Waals surface area contributed by atoms with Gasteiger partial charge in [-0.2, -0.15) is 0 Å². The molecule has 2 unspecified atom stereocenters. The van der Waals surface area contributed by atoms with Crippen LogP contribution in [0.2, 0.25) is 0 Å². The summed E-state index contributed by atoms with van der Waals surface area (Å²) in [5.41, 5.74) is 1.03. The fraction of sp³-hybridized carbons (Fsp3) is 0.786. The molecular formula is C28H43N5O3S. The van der Waals surface area contributed by atoms with Gasteiger partial charge in [0.05, 0.1) is 6.26 Å². The lowest BCUT2D eigenvalue weighted by molar-refractivity contribution is -0.0641. The van der Waals surface area contributed by atoms with Crippen LogP contribution in [-0.4, -0.2) is 85.6 Å². The van der Waals surface area contributed by atoms with Crippen LogP contribution in [0.25, 0.3) is 0 Å². The molecule has 7 rings (SSSR count). The Bertz CT molecular complexity index is 1120. The van der Waals surface area contributed by atoms with E-state index >= 15 is 0 Å². The van der Waals surface area contributed by atoms with Crippen LogP contribution in [0.15, 0.2) is 18.2 Å². The van der Waals surface area contributed by atoms with Crippen LogP contribution < -0.4 is 10.2 Å². The molecule has 0 aromatic carbocycles. The number of carbonyl (C=O) groups is 1. The Balaban J connectivity index is 1.07. The number of piperazine rings is 1. The molecule has 2 aliphatic heterocycles. The highest BCUT2D eigenvalue weighted by Crippen LogP contribution is 2.59. The van der Waals surface area contributed by atoms with Gasteiger partial charge < -0.3 is 10.2 Å². The van der Waals surface area contributed by atoms with E-state index in [0.29, 0.717) is 48.1 Å². The lowest BCUT2D eigenvalue weighted by Gasteiger charge is -2.59. The van der Waals surface area contributed by atoms with Crippen LogP contribution in [0.4, 0.5) is 5.82 Å². The lowest BCUT2D eigenvalue weighted by atomic mass is 9.48. The Morgan fingerprint density at radius 1 is 1.05 bits per heavy atom. The number of pyridine rings is 1. The first-order chi connectivity index (χ1) is 17.6. The normalized spacial score (nSPS) is 37.2. The van der Waals surface area contributed by atoms with Crippen LogP contribution in [0, 0.1) is 23.2 Å². The Morgan fingerprint density at radius 2 is 1.76 bits per heavy atom.